The Morgan fingerprint density at radius 1 is 1.10 bits per heavy atom. The highest BCUT2D eigenvalue weighted by atomic mass is 32.2. The number of sulfonamides is 1. The van der Waals surface area contributed by atoms with Crippen LogP contribution in [0, 0.1) is 27.7 Å². The topological polar surface area (TPSA) is 75.7 Å². The molecule has 6 nitrogen and oxygen atoms in total. The predicted molar refractivity (Wildman–Crippen MR) is 115 cm³/mol. The molecular formula is C22H28N2O4S. The fourth-order valence-corrected chi connectivity index (χ4v) is 4.55. The largest absolute Gasteiger partial charge is 0.476 e. The average Bonchev–Trinajstić information content (AvgIpc) is 2.62. The maximum absolute atomic E-state index is 12.9. The standard InChI is InChI=1S/C22H28N2O4S/c1-13-7-8-20-19(9-13)24(29(6,26)27)12-21(28-20)22(25)23-17(5)18-11-15(3)14(2)10-16(18)4/h7-11,17,21H,12H2,1-6H3,(H,23,25)/t17-,21+/m0/s1. The number of rotatable bonds is 4. The Kier molecular flexibility index (Phi) is 5.63. The minimum atomic E-state index is -3.55. The van der Waals surface area contributed by atoms with Crippen molar-refractivity contribution >= 4 is 21.6 Å². The Bertz CT molecular complexity index is 1060. The first kappa shape index (κ1) is 21.2. The van der Waals surface area contributed by atoms with Crippen molar-refractivity contribution < 1.29 is 17.9 Å². The first-order chi connectivity index (χ1) is 13.5. The van der Waals surface area contributed by atoms with Crippen LogP contribution < -0.4 is 14.4 Å². The number of hydrogen-bond acceptors (Lipinski definition) is 4. The van der Waals surface area contributed by atoms with Gasteiger partial charge in [-0.25, -0.2) is 8.42 Å². The van der Waals surface area contributed by atoms with Crippen molar-refractivity contribution in [3.05, 3.63) is 58.1 Å². The number of carbonyl (C=O) groups excluding carboxylic acids is 1. The summed E-state index contributed by atoms with van der Waals surface area (Å²) < 4.78 is 31.8. The van der Waals surface area contributed by atoms with E-state index in [4.69, 9.17) is 4.74 Å². The zero-order chi connectivity index (χ0) is 21.5. The minimum Gasteiger partial charge on any atom is -0.476 e. The molecule has 2 aromatic carbocycles. The normalized spacial score (nSPS) is 17.3. The van der Waals surface area contributed by atoms with E-state index in [9.17, 15) is 13.2 Å². The van der Waals surface area contributed by atoms with Crippen molar-refractivity contribution in [2.24, 2.45) is 0 Å². The lowest BCUT2D eigenvalue weighted by Crippen LogP contribution is -2.50. The number of anilines is 1. The minimum absolute atomic E-state index is 0.0558. The van der Waals surface area contributed by atoms with E-state index in [0.717, 1.165) is 28.5 Å². The number of hydrogen-bond donors (Lipinski definition) is 1. The van der Waals surface area contributed by atoms with E-state index in [-0.39, 0.29) is 18.5 Å². The van der Waals surface area contributed by atoms with Gasteiger partial charge in [0.1, 0.15) is 5.75 Å². The lowest BCUT2D eigenvalue weighted by molar-refractivity contribution is -0.128. The molecule has 1 aliphatic heterocycles. The SMILES string of the molecule is Cc1ccc2c(c1)N(S(C)(=O)=O)C[C@H](C(=O)N[C@@H](C)c1cc(C)c(C)cc1C)O2. The summed E-state index contributed by atoms with van der Waals surface area (Å²) >= 11 is 0. The third kappa shape index (κ3) is 4.40. The van der Waals surface area contributed by atoms with E-state index in [1.54, 1.807) is 12.1 Å². The molecule has 1 heterocycles. The summed E-state index contributed by atoms with van der Waals surface area (Å²) in [6.07, 6.45) is 0.217. The maximum atomic E-state index is 12.9. The van der Waals surface area contributed by atoms with Gasteiger partial charge in [-0.15, -0.1) is 0 Å². The second-order valence-electron chi connectivity index (χ2n) is 7.90. The highest BCUT2D eigenvalue weighted by Gasteiger charge is 2.35. The van der Waals surface area contributed by atoms with Gasteiger partial charge in [-0.3, -0.25) is 9.10 Å². The third-order valence-electron chi connectivity index (χ3n) is 5.38. The molecule has 0 unspecified atom stereocenters. The molecule has 0 aromatic heterocycles. The van der Waals surface area contributed by atoms with Gasteiger partial charge in [-0.05, 0) is 74.6 Å². The lowest BCUT2D eigenvalue weighted by Gasteiger charge is -2.34. The van der Waals surface area contributed by atoms with Crippen LogP contribution in [-0.4, -0.2) is 33.2 Å². The molecule has 0 saturated carbocycles. The summed E-state index contributed by atoms with van der Waals surface area (Å²) in [5, 5.41) is 2.98. The van der Waals surface area contributed by atoms with Crippen molar-refractivity contribution in [2.75, 3.05) is 17.1 Å². The quantitative estimate of drug-likeness (QED) is 0.830. The van der Waals surface area contributed by atoms with Gasteiger partial charge in [0.25, 0.3) is 5.91 Å². The van der Waals surface area contributed by atoms with Crippen LogP contribution in [0.3, 0.4) is 0 Å². The van der Waals surface area contributed by atoms with Crippen molar-refractivity contribution in [1.29, 1.82) is 0 Å². The molecule has 0 aliphatic carbocycles. The van der Waals surface area contributed by atoms with Crippen molar-refractivity contribution in [1.82, 2.24) is 5.32 Å². The van der Waals surface area contributed by atoms with E-state index in [2.05, 4.69) is 24.4 Å². The van der Waals surface area contributed by atoms with E-state index in [1.807, 2.05) is 33.8 Å². The van der Waals surface area contributed by atoms with Crippen LogP contribution >= 0.6 is 0 Å². The molecule has 0 radical (unpaired) electrons. The van der Waals surface area contributed by atoms with Gasteiger partial charge in [0.15, 0.2) is 6.10 Å². The molecule has 2 atom stereocenters. The maximum Gasteiger partial charge on any atom is 0.263 e. The van der Waals surface area contributed by atoms with Crippen molar-refractivity contribution in [2.45, 2.75) is 46.8 Å². The van der Waals surface area contributed by atoms with Crippen LogP contribution in [-0.2, 0) is 14.8 Å². The second kappa shape index (κ2) is 7.71. The molecule has 1 N–H and O–H groups in total. The summed E-state index contributed by atoms with van der Waals surface area (Å²) in [5.41, 5.74) is 5.89. The number of benzene rings is 2. The van der Waals surface area contributed by atoms with Crippen LogP contribution in [0.4, 0.5) is 5.69 Å². The number of carbonyl (C=O) groups is 1. The van der Waals surface area contributed by atoms with Crippen LogP contribution in [0.25, 0.3) is 0 Å². The first-order valence-corrected chi connectivity index (χ1v) is 11.5. The van der Waals surface area contributed by atoms with E-state index < -0.39 is 16.1 Å². The molecule has 156 valence electrons. The van der Waals surface area contributed by atoms with Crippen molar-refractivity contribution in [3.8, 4) is 5.75 Å². The van der Waals surface area contributed by atoms with E-state index >= 15 is 0 Å². The molecule has 7 heteroatoms. The number of ether oxygens (including phenoxy) is 1. The van der Waals surface area contributed by atoms with Gasteiger partial charge in [0.2, 0.25) is 10.0 Å². The van der Waals surface area contributed by atoms with Gasteiger partial charge in [0, 0.05) is 0 Å². The van der Waals surface area contributed by atoms with Crippen LogP contribution in [0.2, 0.25) is 0 Å². The highest BCUT2D eigenvalue weighted by Crippen LogP contribution is 2.36. The molecule has 1 amide bonds. The van der Waals surface area contributed by atoms with Crippen LogP contribution in [0.1, 0.15) is 40.8 Å². The highest BCUT2D eigenvalue weighted by molar-refractivity contribution is 7.92. The molecule has 3 rings (SSSR count). The fraction of sp³-hybridized carbons (Fsp3) is 0.409. The predicted octanol–water partition coefficient (Wildman–Crippen LogP) is 3.32. The van der Waals surface area contributed by atoms with E-state index in [1.165, 1.54) is 9.87 Å². The molecule has 1 aliphatic rings. The van der Waals surface area contributed by atoms with Gasteiger partial charge in [-0.1, -0.05) is 18.2 Å². The van der Waals surface area contributed by atoms with Gasteiger partial charge >= 0.3 is 0 Å². The molecule has 0 saturated heterocycles. The molecule has 0 fully saturated rings. The molecule has 29 heavy (non-hydrogen) atoms. The number of aryl methyl sites for hydroxylation is 4. The Morgan fingerprint density at radius 3 is 2.41 bits per heavy atom. The summed E-state index contributed by atoms with van der Waals surface area (Å²) in [4.78, 5) is 12.9. The van der Waals surface area contributed by atoms with Crippen molar-refractivity contribution in [3.63, 3.8) is 0 Å². The van der Waals surface area contributed by atoms with Crippen LogP contribution in [0.5, 0.6) is 5.75 Å². The summed E-state index contributed by atoms with van der Waals surface area (Å²) in [7, 11) is -3.55. The number of nitrogens with one attached hydrogen (secondary N) is 1. The van der Waals surface area contributed by atoms with Gasteiger partial charge < -0.3 is 10.1 Å². The third-order valence-corrected chi connectivity index (χ3v) is 6.53. The Balaban J connectivity index is 1.85. The van der Waals surface area contributed by atoms with Crippen LogP contribution in [0.15, 0.2) is 30.3 Å². The zero-order valence-electron chi connectivity index (χ0n) is 17.7. The number of nitrogens with zero attached hydrogens (tertiary/aromatic N) is 1. The number of amides is 1. The molecule has 0 spiro atoms. The summed E-state index contributed by atoms with van der Waals surface area (Å²) in [6.45, 7) is 9.87. The van der Waals surface area contributed by atoms with Gasteiger partial charge in [0.05, 0.1) is 24.5 Å². The average molecular weight is 417 g/mol. The molecular weight excluding hydrogens is 388 g/mol. The summed E-state index contributed by atoms with van der Waals surface area (Å²) in [5.74, 6) is 0.0532. The second-order valence-corrected chi connectivity index (χ2v) is 9.80. The smallest absolute Gasteiger partial charge is 0.263 e. The zero-order valence-corrected chi connectivity index (χ0v) is 18.6. The van der Waals surface area contributed by atoms with Gasteiger partial charge in [-0.2, -0.15) is 0 Å². The Hall–Kier alpha value is -2.54. The molecule has 2 aromatic rings. The summed E-state index contributed by atoms with van der Waals surface area (Å²) in [6, 6.07) is 9.26. The van der Waals surface area contributed by atoms with E-state index in [0.29, 0.717) is 11.4 Å². The Morgan fingerprint density at radius 2 is 1.76 bits per heavy atom. The Labute approximate surface area is 172 Å². The number of fused-ring (bicyclic) bond motifs is 1. The first-order valence-electron chi connectivity index (χ1n) is 9.60. The lowest BCUT2D eigenvalue weighted by atomic mass is 9.96. The monoisotopic (exact) mass is 416 g/mol. The fourth-order valence-electron chi connectivity index (χ4n) is 3.65. The molecule has 0 bridgehead atoms.